The van der Waals surface area contributed by atoms with E-state index in [-0.39, 0.29) is 0 Å². The molecule has 0 aliphatic carbocycles. The van der Waals surface area contributed by atoms with Crippen molar-refractivity contribution < 1.29 is 4.39 Å². The number of nitrogens with zero attached hydrogens (tertiary/aromatic N) is 4. The van der Waals surface area contributed by atoms with Crippen LogP contribution in [-0.4, -0.2) is 68.0 Å². The molecule has 0 aromatic rings. The van der Waals surface area contributed by atoms with Gasteiger partial charge in [-0.1, -0.05) is 27.7 Å². The van der Waals surface area contributed by atoms with Crippen molar-refractivity contribution in [2.24, 2.45) is 16.8 Å². The molecular formula is C20H38FN5. The first kappa shape index (κ1) is 24.3. The Labute approximate surface area is 159 Å². The molecule has 0 aromatic carbocycles. The highest BCUT2D eigenvalue weighted by molar-refractivity contribution is 5.38. The largest absolute Gasteiger partial charge is 0.401 e. The molecule has 0 radical (unpaired) electrons. The number of hydrogen-bond acceptors (Lipinski definition) is 5. The predicted molar refractivity (Wildman–Crippen MR) is 112 cm³/mol. The number of nitrogens with two attached hydrogens (primary N) is 1. The summed E-state index contributed by atoms with van der Waals surface area (Å²) in [6.07, 6.45) is 6.15. The first-order valence-corrected chi connectivity index (χ1v) is 9.43. The molecule has 0 bridgehead atoms. The summed E-state index contributed by atoms with van der Waals surface area (Å²) in [7, 11) is 0.500. The summed E-state index contributed by atoms with van der Waals surface area (Å²) in [6.45, 7) is 20.8. The Morgan fingerprint density at radius 2 is 1.73 bits per heavy atom. The molecule has 6 heteroatoms. The molecule has 0 aromatic heterocycles. The second-order valence-electron chi connectivity index (χ2n) is 6.56. The van der Waals surface area contributed by atoms with E-state index in [4.69, 9.17) is 5.73 Å². The summed E-state index contributed by atoms with van der Waals surface area (Å²) < 4.78 is 9.50. The normalized spacial score (nSPS) is 19.8. The Kier molecular flexibility index (Phi) is 12.7. The fourth-order valence-corrected chi connectivity index (χ4v) is 2.96. The molecule has 26 heavy (non-hydrogen) atoms. The molecule has 0 spiro atoms. The number of allylic oxidation sites excluding steroid dienone is 2. The van der Waals surface area contributed by atoms with Crippen LogP contribution in [0.15, 0.2) is 40.4 Å². The summed E-state index contributed by atoms with van der Waals surface area (Å²) in [4.78, 5) is 5.07. The van der Waals surface area contributed by atoms with E-state index in [0.717, 1.165) is 50.0 Å². The molecule has 0 saturated carbocycles. The maximum Gasteiger partial charge on any atom is 0.0832 e. The smallest absolute Gasteiger partial charge is 0.0832 e. The van der Waals surface area contributed by atoms with Gasteiger partial charge in [0.05, 0.1) is 12.9 Å². The van der Waals surface area contributed by atoms with Crippen molar-refractivity contribution in [2.45, 2.75) is 34.6 Å². The van der Waals surface area contributed by atoms with Gasteiger partial charge < -0.3 is 10.6 Å². The Hall–Kier alpha value is -1.66. The third-order valence-electron chi connectivity index (χ3n) is 4.05. The second-order valence-corrected chi connectivity index (χ2v) is 6.56. The van der Waals surface area contributed by atoms with Gasteiger partial charge in [0, 0.05) is 57.9 Å². The summed E-state index contributed by atoms with van der Waals surface area (Å²) in [5, 5.41) is 5.68. The number of alkyl halides is 1. The molecule has 2 N–H and O–H groups in total. The van der Waals surface area contributed by atoms with Gasteiger partial charge in [0.1, 0.15) is 0 Å². The summed E-state index contributed by atoms with van der Waals surface area (Å²) in [6, 6.07) is 0. The zero-order valence-corrected chi connectivity index (χ0v) is 17.5. The van der Waals surface area contributed by atoms with Gasteiger partial charge in [0.25, 0.3) is 0 Å². The van der Waals surface area contributed by atoms with Crippen LogP contribution in [-0.2, 0) is 0 Å². The molecule has 1 fully saturated rings. The Morgan fingerprint density at radius 3 is 2.19 bits per heavy atom. The minimum atomic E-state index is 0.500. The number of hydrazone groups is 1. The molecule has 2 rings (SSSR count). The van der Waals surface area contributed by atoms with E-state index in [1.165, 1.54) is 12.1 Å². The maximum absolute atomic E-state index is 9.50. The molecule has 2 aliphatic rings. The molecular weight excluding hydrogens is 329 g/mol. The van der Waals surface area contributed by atoms with Crippen LogP contribution in [0.4, 0.5) is 4.39 Å². The van der Waals surface area contributed by atoms with Crippen LogP contribution in [0.3, 0.4) is 0 Å². The van der Waals surface area contributed by atoms with E-state index in [2.05, 4.69) is 47.6 Å². The Bertz CT molecular complexity index is 484. The Morgan fingerprint density at radius 1 is 1.19 bits per heavy atom. The van der Waals surface area contributed by atoms with Gasteiger partial charge >= 0.3 is 0 Å². The molecule has 150 valence electrons. The highest BCUT2D eigenvalue weighted by Crippen LogP contribution is 2.20. The van der Waals surface area contributed by atoms with Crippen LogP contribution in [0.25, 0.3) is 0 Å². The monoisotopic (exact) mass is 367 g/mol. The Balaban J connectivity index is 0.00000146. The molecule has 2 aliphatic heterocycles. The zero-order chi connectivity index (χ0) is 20.1. The lowest BCUT2D eigenvalue weighted by Crippen LogP contribution is -2.47. The van der Waals surface area contributed by atoms with Crippen LogP contribution in [0.5, 0.6) is 0 Å². The van der Waals surface area contributed by atoms with Crippen molar-refractivity contribution in [1.82, 2.24) is 14.8 Å². The highest BCUT2D eigenvalue weighted by atomic mass is 19.1. The number of hydrogen-bond donors (Lipinski definition) is 1. The van der Waals surface area contributed by atoms with Crippen LogP contribution in [0.1, 0.15) is 34.6 Å². The van der Waals surface area contributed by atoms with Gasteiger partial charge in [-0.2, -0.15) is 5.10 Å². The minimum Gasteiger partial charge on any atom is -0.401 e. The first-order chi connectivity index (χ1) is 12.5. The van der Waals surface area contributed by atoms with Crippen molar-refractivity contribution in [3.8, 4) is 0 Å². The average Bonchev–Trinajstić information content (AvgIpc) is 2.66. The van der Waals surface area contributed by atoms with Crippen molar-refractivity contribution >= 4 is 6.72 Å². The molecule has 0 amide bonds. The third kappa shape index (κ3) is 8.15. The highest BCUT2D eigenvalue weighted by Gasteiger charge is 2.19. The fraction of sp³-hybridized carbons (Fsp3) is 0.650. The lowest BCUT2D eigenvalue weighted by molar-refractivity contribution is 0.130. The predicted octanol–water partition coefficient (Wildman–Crippen LogP) is 3.43. The lowest BCUT2D eigenvalue weighted by atomic mass is 10.1. The summed E-state index contributed by atoms with van der Waals surface area (Å²) in [5.74, 6) is 0.744. The molecule has 5 nitrogen and oxygen atoms in total. The standard InChI is InChI=1S/C17H29N5.C2H6.CH3F/c1-14(2)12-20-7-9-21(10-8-20)13-16-5-6-22(19-4)17(11-16)15(3)18;2*1-2/h5-6,11,14H,4,7-10,12-13,18H2,1-3H3;1-2H3;1H3/b17-15+;;. The average molecular weight is 368 g/mol. The summed E-state index contributed by atoms with van der Waals surface area (Å²) in [5.41, 5.74) is 8.90. The van der Waals surface area contributed by atoms with E-state index in [1.807, 2.05) is 27.0 Å². The van der Waals surface area contributed by atoms with Crippen molar-refractivity contribution in [2.75, 3.05) is 46.4 Å². The van der Waals surface area contributed by atoms with E-state index >= 15 is 0 Å². The van der Waals surface area contributed by atoms with Gasteiger partial charge in [-0.25, -0.2) is 5.01 Å². The van der Waals surface area contributed by atoms with Crippen LogP contribution >= 0.6 is 0 Å². The number of rotatable bonds is 5. The molecule has 0 atom stereocenters. The van der Waals surface area contributed by atoms with E-state index < -0.39 is 0 Å². The van der Waals surface area contributed by atoms with Gasteiger partial charge in [0.15, 0.2) is 0 Å². The van der Waals surface area contributed by atoms with E-state index in [0.29, 0.717) is 7.18 Å². The zero-order valence-electron chi connectivity index (χ0n) is 17.5. The SMILES string of the molecule is C=NN1C=CC(CN2CCN(CC(C)C)CC2)=C/C1=C(/C)N.CC.CF. The second kappa shape index (κ2) is 13.5. The summed E-state index contributed by atoms with van der Waals surface area (Å²) >= 11 is 0. The molecule has 1 saturated heterocycles. The fourth-order valence-electron chi connectivity index (χ4n) is 2.96. The van der Waals surface area contributed by atoms with Crippen LogP contribution in [0.2, 0.25) is 0 Å². The first-order valence-electron chi connectivity index (χ1n) is 9.43. The van der Waals surface area contributed by atoms with Crippen LogP contribution in [0, 0.1) is 5.92 Å². The van der Waals surface area contributed by atoms with Gasteiger partial charge in [0.2, 0.25) is 0 Å². The molecule has 2 heterocycles. The van der Waals surface area contributed by atoms with Gasteiger partial charge in [-0.3, -0.25) is 9.29 Å². The van der Waals surface area contributed by atoms with Crippen molar-refractivity contribution in [3.63, 3.8) is 0 Å². The van der Waals surface area contributed by atoms with Gasteiger partial charge in [-0.05, 0) is 30.6 Å². The minimum absolute atomic E-state index is 0.500. The van der Waals surface area contributed by atoms with Crippen molar-refractivity contribution in [3.05, 3.63) is 35.3 Å². The third-order valence-corrected chi connectivity index (χ3v) is 4.05. The lowest BCUT2D eigenvalue weighted by Gasteiger charge is -2.36. The maximum atomic E-state index is 9.50. The number of piperazine rings is 1. The van der Waals surface area contributed by atoms with Crippen LogP contribution < -0.4 is 5.73 Å². The van der Waals surface area contributed by atoms with Gasteiger partial charge in [-0.15, -0.1) is 0 Å². The van der Waals surface area contributed by atoms with E-state index in [9.17, 15) is 4.39 Å². The quantitative estimate of drug-likeness (QED) is 0.756. The van der Waals surface area contributed by atoms with E-state index in [1.54, 1.807) is 5.01 Å². The van der Waals surface area contributed by atoms with Crippen molar-refractivity contribution in [1.29, 1.82) is 0 Å². The molecule has 0 unspecified atom stereocenters. The number of halogens is 1. The topological polar surface area (TPSA) is 48.1 Å².